The van der Waals surface area contributed by atoms with Crippen molar-refractivity contribution in [2.24, 2.45) is 5.73 Å². The number of aromatic nitrogens is 1. The Morgan fingerprint density at radius 1 is 1.10 bits per heavy atom. The average Bonchev–Trinajstić information content (AvgIpc) is 2.73. The maximum atomic E-state index is 12.7. The molecule has 1 aromatic heterocycles. The molecule has 157 valence electrons. The fourth-order valence-corrected chi connectivity index (χ4v) is 3.44. The molecular formula is C21H24N5O4. The van der Waals surface area contributed by atoms with Crippen LogP contribution in [0.3, 0.4) is 0 Å². The maximum Gasteiger partial charge on any atom is 0.320 e. The topological polar surface area (TPSA) is 118 Å². The molecule has 2 aromatic rings. The van der Waals surface area contributed by atoms with E-state index in [1.54, 1.807) is 63.1 Å². The number of pyridine rings is 1. The molecule has 0 saturated carbocycles. The Balaban J connectivity index is 1.77. The number of carbonyl (C=O) groups is 3. The summed E-state index contributed by atoms with van der Waals surface area (Å²) in [6.45, 7) is 0.345. The van der Waals surface area contributed by atoms with Crippen LogP contribution >= 0.6 is 0 Å². The smallest absolute Gasteiger partial charge is 0.320 e. The number of primary amides is 1. The van der Waals surface area contributed by atoms with Gasteiger partial charge < -0.3 is 20.9 Å². The Hall–Kier alpha value is -3.62. The third-order valence-electron chi connectivity index (χ3n) is 4.91. The number of rotatable bonds is 4. The van der Waals surface area contributed by atoms with Gasteiger partial charge in [-0.25, -0.2) is 4.79 Å². The molecule has 1 radical (unpaired) electrons. The van der Waals surface area contributed by atoms with Crippen molar-refractivity contribution in [3.63, 3.8) is 0 Å². The predicted octanol–water partition coefficient (Wildman–Crippen LogP) is 0.381. The lowest BCUT2D eigenvalue weighted by atomic mass is 9.95. The number of hydrogen-bond donors (Lipinski definition) is 2. The van der Waals surface area contributed by atoms with Crippen molar-refractivity contribution in [2.45, 2.75) is 18.5 Å². The summed E-state index contributed by atoms with van der Waals surface area (Å²) in [5.74, 6) is -1.10. The van der Waals surface area contributed by atoms with Crippen LogP contribution in [0.4, 0.5) is 4.79 Å². The first-order valence-electron chi connectivity index (χ1n) is 9.49. The van der Waals surface area contributed by atoms with Crippen molar-refractivity contribution in [3.8, 4) is 5.69 Å². The lowest BCUT2D eigenvalue weighted by Gasteiger charge is -2.40. The summed E-state index contributed by atoms with van der Waals surface area (Å²) in [4.78, 5) is 51.9. The first-order chi connectivity index (χ1) is 14.3. The largest absolute Gasteiger partial charge is 0.368 e. The van der Waals surface area contributed by atoms with E-state index in [4.69, 9.17) is 5.73 Å². The van der Waals surface area contributed by atoms with Gasteiger partial charge in [-0.15, -0.1) is 0 Å². The Kier molecular flexibility index (Phi) is 6.20. The first-order valence-corrected chi connectivity index (χ1v) is 9.49. The van der Waals surface area contributed by atoms with Gasteiger partial charge >= 0.3 is 6.03 Å². The highest BCUT2D eigenvalue weighted by Gasteiger charge is 2.39. The molecule has 9 nitrogen and oxygen atoms in total. The molecule has 2 atom stereocenters. The van der Waals surface area contributed by atoms with Crippen molar-refractivity contribution in [1.82, 2.24) is 19.7 Å². The van der Waals surface area contributed by atoms with Crippen LogP contribution in [0.25, 0.3) is 5.69 Å². The summed E-state index contributed by atoms with van der Waals surface area (Å²) in [6, 6.07) is 9.33. The van der Waals surface area contributed by atoms with Gasteiger partial charge in [0.25, 0.3) is 11.5 Å². The highest BCUT2D eigenvalue weighted by molar-refractivity contribution is 5.96. The molecule has 3 N–H and O–H groups in total. The van der Waals surface area contributed by atoms with E-state index in [0.29, 0.717) is 24.2 Å². The number of benzene rings is 1. The van der Waals surface area contributed by atoms with Crippen LogP contribution in [-0.2, 0) is 4.79 Å². The van der Waals surface area contributed by atoms with Gasteiger partial charge in [-0.1, -0.05) is 6.07 Å². The quantitative estimate of drug-likeness (QED) is 0.758. The lowest BCUT2D eigenvalue weighted by Crippen LogP contribution is -2.63. The Morgan fingerprint density at radius 2 is 1.80 bits per heavy atom. The molecule has 1 fully saturated rings. The van der Waals surface area contributed by atoms with Gasteiger partial charge in [0.1, 0.15) is 6.04 Å². The van der Waals surface area contributed by atoms with Crippen LogP contribution in [-0.4, -0.2) is 64.9 Å². The van der Waals surface area contributed by atoms with Crippen LogP contribution in [0.15, 0.2) is 53.5 Å². The van der Waals surface area contributed by atoms with Crippen molar-refractivity contribution in [1.29, 1.82) is 0 Å². The highest BCUT2D eigenvalue weighted by atomic mass is 16.2. The molecule has 30 heavy (non-hydrogen) atoms. The number of nitrogens with two attached hydrogens (primary N) is 1. The Bertz CT molecular complexity index is 999. The van der Waals surface area contributed by atoms with Gasteiger partial charge in [-0.2, -0.15) is 0 Å². The van der Waals surface area contributed by atoms with Crippen LogP contribution < -0.4 is 16.6 Å². The zero-order valence-corrected chi connectivity index (χ0v) is 16.8. The molecule has 0 spiro atoms. The second-order valence-electron chi connectivity index (χ2n) is 7.20. The standard InChI is InChI=1S/C21H24N5O4/c1-24(2)21(30)26-13-5-6-16(18(26)19(22)28)23-20(29)14-8-10-15(11-9-14)25-12-4-3-7-17(25)27/h3-4,6-12,16,18H,5,13H2,1-2H3,(H2,22,28)(H,23,29). The molecule has 0 bridgehead atoms. The summed E-state index contributed by atoms with van der Waals surface area (Å²) in [6.07, 6.45) is 3.94. The van der Waals surface area contributed by atoms with Gasteiger partial charge in [0.05, 0.1) is 6.04 Å². The maximum absolute atomic E-state index is 12.7. The number of nitrogens with one attached hydrogen (secondary N) is 1. The zero-order chi connectivity index (χ0) is 21.8. The molecule has 1 aliphatic heterocycles. The van der Waals surface area contributed by atoms with E-state index in [2.05, 4.69) is 5.32 Å². The lowest BCUT2D eigenvalue weighted by molar-refractivity contribution is -0.123. The van der Waals surface area contributed by atoms with Gasteiger partial charge in [-0.3, -0.25) is 19.0 Å². The number of amides is 4. The van der Waals surface area contributed by atoms with Crippen LogP contribution in [0.5, 0.6) is 0 Å². The number of carbonyl (C=O) groups excluding carboxylic acids is 3. The molecule has 2 unspecified atom stereocenters. The van der Waals surface area contributed by atoms with E-state index in [1.165, 1.54) is 20.4 Å². The van der Waals surface area contributed by atoms with E-state index >= 15 is 0 Å². The minimum absolute atomic E-state index is 0.179. The fourth-order valence-electron chi connectivity index (χ4n) is 3.44. The number of urea groups is 1. The summed E-state index contributed by atoms with van der Waals surface area (Å²) < 4.78 is 1.46. The molecule has 2 heterocycles. The molecule has 3 rings (SSSR count). The minimum atomic E-state index is -0.972. The van der Waals surface area contributed by atoms with Crippen molar-refractivity contribution in [3.05, 3.63) is 71.0 Å². The molecule has 4 amide bonds. The molecular weight excluding hydrogens is 386 g/mol. The third kappa shape index (κ3) is 4.35. The van der Waals surface area contributed by atoms with E-state index < -0.39 is 23.9 Å². The van der Waals surface area contributed by atoms with Crippen molar-refractivity contribution < 1.29 is 14.4 Å². The monoisotopic (exact) mass is 410 g/mol. The highest BCUT2D eigenvalue weighted by Crippen LogP contribution is 2.19. The van der Waals surface area contributed by atoms with Crippen molar-refractivity contribution >= 4 is 17.8 Å². The number of likely N-dealkylation sites (tertiary alicyclic amines) is 1. The van der Waals surface area contributed by atoms with Crippen LogP contribution in [0, 0.1) is 6.42 Å². The Labute approximate surface area is 174 Å². The molecule has 0 aliphatic carbocycles. The molecule has 1 aromatic carbocycles. The number of hydrogen-bond acceptors (Lipinski definition) is 4. The minimum Gasteiger partial charge on any atom is -0.368 e. The Morgan fingerprint density at radius 3 is 2.40 bits per heavy atom. The van der Waals surface area contributed by atoms with Gasteiger partial charge in [0, 0.05) is 44.2 Å². The van der Waals surface area contributed by atoms with Crippen LogP contribution in [0.1, 0.15) is 16.8 Å². The van der Waals surface area contributed by atoms with E-state index in [-0.39, 0.29) is 11.6 Å². The van der Waals surface area contributed by atoms with Gasteiger partial charge in [0.2, 0.25) is 5.91 Å². The van der Waals surface area contributed by atoms with E-state index in [9.17, 15) is 19.2 Å². The zero-order valence-electron chi connectivity index (χ0n) is 16.8. The summed E-state index contributed by atoms with van der Waals surface area (Å²) >= 11 is 0. The molecule has 1 saturated heterocycles. The van der Waals surface area contributed by atoms with Gasteiger partial charge in [0.15, 0.2) is 0 Å². The predicted molar refractivity (Wildman–Crippen MR) is 111 cm³/mol. The first kappa shape index (κ1) is 21.1. The van der Waals surface area contributed by atoms with E-state index in [0.717, 1.165) is 0 Å². The normalized spacial score (nSPS) is 18.5. The van der Waals surface area contributed by atoms with Crippen LogP contribution in [0.2, 0.25) is 0 Å². The SMILES string of the molecule is CN(C)C(=O)N1CC[CH]C(NC(=O)c2ccc(-n3ccccc3=O)cc2)C1C(N)=O. The second kappa shape index (κ2) is 8.81. The number of nitrogens with zero attached hydrogens (tertiary/aromatic N) is 3. The fraction of sp³-hybridized carbons (Fsp3) is 0.286. The summed E-state index contributed by atoms with van der Waals surface area (Å²) in [7, 11) is 3.18. The second-order valence-corrected chi connectivity index (χ2v) is 7.20. The van der Waals surface area contributed by atoms with E-state index in [1.807, 2.05) is 0 Å². The summed E-state index contributed by atoms with van der Waals surface area (Å²) in [5, 5.41) is 2.78. The molecule has 9 heteroatoms. The third-order valence-corrected chi connectivity index (χ3v) is 4.91. The van der Waals surface area contributed by atoms with Gasteiger partial charge in [-0.05, 0) is 43.2 Å². The number of piperidine rings is 1. The summed E-state index contributed by atoms with van der Waals surface area (Å²) in [5.41, 5.74) is 6.35. The molecule has 1 aliphatic rings. The average molecular weight is 410 g/mol. The van der Waals surface area contributed by atoms with Crippen molar-refractivity contribution in [2.75, 3.05) is 20.6 Å².